The number of thiophene rings is 1. The van der Waals surface area contributed by atoms with Crippen LogP contribution < -0.4 is 5.35 Å². The van der Waals surface area contributed by atoms with Crippen LogP contribution in [0.1, 0.15) is 0 Å². The highest BCUT2D eigenvalue weighted by Gasteiger charge is 2.20. The molecule has 0 unspecified atom stereocenters. The highest BCUT2D eigenvalue weighted by molar-refractivity contribution is 7.25. The molecule has 0 aliphatic heterocycles. The molecule has 4 aromatic heterocycles. The van der Waals surface area contributed by atoms with Crippen LogP contribution in [-0.2, 0) is 0 Å². The summed E-state index contributed by atoms with van der Waals surface area (Å²) in [5.41, 5.74) is 7.67. The number of hydrogen-bond donors (Lipinski definition) is 0. The molecule has 0 N–H and O–H groups in total. The van der Waals surface area contributed by atoms with E-state index in [9.17, 15) is 0 Å². The van der Waals surface area contributed by atoms with Gasteiger partial charge in [-0.3, -0.25) is 0 Å². The quantitative estimate of drug-likeness (QED) is 0.198. The Morgan fingerprint density at radius 3 is 2.21 bits per heavy atom. The van der Waals surface area contributed by atoms with Gasteiger partial charge in [-0.1, -0.05) is 67.2 Å². The summed E-state index contributed by atoms with van der Waals surface area (Å²) in [6.07, 6.45) is 0. The Labute approximate surface area is 248 Å². The van der Waals surface area contributed by atoms with E-state index in [2.05, 4.69) is 90.0 Å². The predicted molar refractivity (Wildman–Crippen MR) is 181 cm³/mol. The SMILES string of the molecule is C=c1nc2ccccc2nn2c3ccc(-c4ccc5sc6ccccc6c5c4)cc3c3c4c(cc1c32)oc1ccccc14. The van der Waals surface area contributed by atoms with Crippen molar-refractivity contribution < 1.29 is 4.42 Å². The van der Waals surface area contributed by atoms with E-state index in [1.54, 1.807) is 0 Å². The van der Waals surface area contributed by atoms with Crippen LogP contribution in [0.3, 0.4) is 0 Å². The van der Waals surface area contributed by atoms with Crippen molar-refractivity contribution in [2.45, 2.75) is 0 Å². The van der Waals surface area contributed by atoms with E-state index in [0.29, 0.717) is 5.35 Å². The molecule has 0 aliphatic carbocycles. The van der Waals surface area contributed by atoms with Gasteiger partial charge in [0.05, 0.1) is 21.9 Å². The first kappa shape index (κ1) is 23.1. The van der Waals surface area contributed by atoms with E-state index in [-0.39, 0.29) is 0 Å². The standard InChI is InChI=1S/C38H21N3OS/c1-21-26-20-33-36(25-9-2-6-12-32(25)42-33)37-28-19-22(23-15-17-35-27(18-23)24-8-3-7-13-34(24)43-35)14-16-31(28)41(38(26)37)40-30-11-5-4-10-29(30)39-21/h2-20H,1H2. The lowest BCUT2D eigenvalue weighted by Gasteiger charge is -2.04. The summed E-state index contributed by atoms with van der Waals surface area (Å²) < 4.78 is 11.1. The topological polar surface area (TPSA) is 43.3 Å². The summed E-state index contributed by atoms with van der Waals surface area (Å²) in [6, 6.07) is 40.5. The molecule has 6 aromatic carbocycles. The number of furan rings is 1. The van der Waals surface area contributed by atoms with Crippen molar-refractivity contribution in [3.05, 3.63) is 121 Å². The highest BCUT2D eigenvalue weighted by atomic mass is 32.1. The molecule has 4 nitrogen and oxygen atoms in total. The van der Waals surface area contributed by atoms with Crippen LogP contribution in [0, 0.1) is 0 Å². The highest BCUT2D eigenvalue weighted by Crippen LogP contribution is 2.42. The van der Waals surface area contributed by atoms with Gasteiger partial charge < -0.3 is 4.42 Å². The summed E-state index contributed by atoms with van der Waals surface area (Å²) >= 11 is 1.84. The van der Waals surface area contributed by atoms with Crippen LogP contribution in [-0.4, -0.2) is 14.6 Å². The molecule has 5 heteroatoms. The number of hydrogen-bond acceptors (Lipinski definition) is 4. The summed E-state index contributed by atoms with van der Waals surface area (Å²) in [4.78, 5) is 4.93. The van der Waals surface area contributed by atoms with Crippen molar-refractivity contribution in [2.24, 2.45) is 0 Å². The van der Waals surface area contributed by atoms with E-state index < -0.39 is 0 Å². The monoisotopic (exact) mass is 567 g/mol. The van der Waals surface area contributed by atoms with Gasteiger partial charge in [0.2, 0.25) is 0 Å². The number of para-hydroxylation sites is 2. The first-order valence-corrected chi connectivity index (χ1v) is 15.1. The number of fused-ring (bicyclic) bond motifs is 11. The van der Waals surface area contributed by atoms with Crippen molar-refractivity contribution >= 4 is 98.3 Å². The van der Waals surface area contributed by atoms with E-state index >= 15 is 0 Å². The fraction of sp³-hybridized carbons (Fsp3) is 0. The molecule has 43 heavy (non-hydrogen) atoms. The molecule has 0 radical (unpaired) electrons. The van der Waals surface area contributed by atoms with Crippen molar-refractivity contribution in [1.82, 2.24) is 14.6 Å². The van der Waals surface area contributed by atoms with Gasteiger partial charge >= 0.3 is 0 Å². The molecular formula is C38H21N3OS. The van der Waals surface area contributed by atoms with Crippen molar-refractivity contribution in [3.63, 3.8) is 0 Å². The first-order valence-electron chi connectivity index (χ1n) is 14.3. The van der Waals surface area contributed by atoms with E-state index in [4.69, 9.17) is 14.5 Å². The molecule has 0 saturated carbocycles. The van der Waals surface area contributed by atoms with Crippen molar-refractivity contribution in [1.29, 1.82) is 0 Å². The van der Waals surface area contributed by atoms with Crippen molar-refractivity contribution in [3.8, 4) is 11.1 Å². The van der Waals surface area contributed by atoms with Gasteiger partial charge in [0.15, 0.2) is 0 Å². The molecule has 0 bridgehead atoms. The Hall–Kier alpha value is -5.52. The third-order valence-corrected chi connectivity index (χ3v) is 9.86. The molecule has 0 amide bonds. The van der Waals surface area contributed by atoms with Crippen LogP contribution in [0.2, 0.25) is 0 Å². The fourth-order valence-corrected chi connectivity index (χ4v) is 7.85. The molecule has 10 rings (SSSR count). The van der Waals surface area contributed by atoms with Crippen LogP contribution in [0.25, 0.3) is 98.0 Å². The molecule has 0 saturated heterocycles. The second kappa shape index (κ2) is 8.28. The average Bonchev–Trinajstić information content (AvgIpc) is 3.70. The minimum absolute atomic E-state index is 0.689. The second-order valence-corrected chi connectivity index (χ2v) is 12.2. The third kappa shape index (κ3) is 3.14. The average molecular weight is 568 g/mol. The lowest BCUT2D eigenvalue weighted by atomic mass is 9.99. The molecule has 0 atom stereocenters. The maximum atomic E-state index is 6.45. The minimum Gasteiger partial charge on any atom is -0.456 e. The number of rotatable bonds is 1. The van der Waals surface area contributed by atoms with Gasteiger partial charge in [-0.2, -0.15) is 5.10 Å². The number of benzene rings is 6. The van der Waals surface area contributed by atoms with Crippen LogP contribution >= 0.6 is 11.3 Å². The lowest BCUT2D eigenvalue weighted by molar-refractivity contribution is 0.669. The smallest absolute Gasteiger partial charge is 0.136 e. The maximum Gasteiger partial charge on any atom is 0.136 e. The summed E-state index contributed by atoms with van der Waals surface area (Å²) in [5.74, 6) is 0. The molecule has 4 heterocycles. The Kier molecular flexibility index (Phi) is 4.44. The zero-order valence-electron chi connectivity index (χ0n) is 22.8. The Bertz CT molecular complexity index is 2870. The minimum atomic E-state index is 0.689. The Morgan fingerprint density at radius 1 is 0.581 bits per heavy atom. The van der Waals surface area contributed by atoms with Gasteiger partial charge in [-0.15, -0.1) is 11.3 Å². The van der Waals surface area contributed by atoms with Gasteiger partial charge in [-0.05, 0) is 65.7 Å². The third-order valence-electron chi connectivity index (χ3n) is 8.71. The van der Waals surface area contributed by atoms with Crippen LogP contribution in [0.4, 0.5) is 0 Å². The summed E-state index contributed by atoms with van der Waals surface area (Å²) in [7, 11) is 0. The Balaban J connectivity index is 1.40. The molecule has 0 aliphatic rings. The van der Waals surface area contributed by atoms with Crippen LogP contribution in [0.5, 0.6) is 0 Å². The summed E-state index contributed by atoms with van der Waals surface area (Å²) in [6.45, 7) is 4.42. The van der Waals surface area contributed by atoms with Gasteiger partial charge in [0, 0.05) is 47.1 Å². The van der Waals surface area contributed by atoms with Gasteiger partial charge in [0.25, 0.3) is 0 Å². The Morgan fingerprint density at radius 2 is 1.30 bits per heavy atom. The zero-order chi connectivity index (χ0) is 28.2. The van der Waals surface area contributed by atoms with E-state index in [1.807, 2.05) is 47.7 Å². The zero-order valence-corrected chi connectivity index (χ0v) is 23.7. The summed E-state index contributed by atoms with van der Waals surface area (Å²) in [5, 5.41) is 13.8. The maximum absolute atomic E-state index is 6.45. The molecular weight excluding hydrogens is 547 g/mol. The lowest BCUT2D eigenvalue weighted by Crippen LogP contribution is -2.06. The van der Waals surface area contributed by atoms with Gasteiger partial charge in [0.1, 0.15) is 16.7 Å². The molecule has 200 valence electrons. The van der Waals surface area contributed by atoms with E-state index in [1.165, 1.54) is 25.7 Å². The van der Waals surface area contributed by atoms with Crippen LogP contribution in [0.15, 0.2) is 120 Å². The number of nitrogens with zero attached hydrogens (tertiary/aromatic N) is 3. The molecule has 0 spiro atoms. The first-order chi connectivity index (χ1) is 21.2. The predicted octanol–water partition coefficient (Wildman–Crippen LogP) is 9.81. The molecule has 10 aromatic rings. The fourth-order valence-electron chi connectivity index (χ4n) is 6.77. The normalized spacial score (nSPS) is 12.3. The second-order valence-electron chi connectivity index (χ2n) is 11.1. The van der Waals surface area contributed by atoms with E-state index in [0.717, 1.165) is 65.7 Å². The van der Waals surface area contributed by atoms with Gasteiger partial charge in [-0.25, -0.2) is 9.50 Å². The largest absolute Gasteiger partial charge is 0.456 e. The number of aromatic nitrogens is 3. The van der Waals surface area contributed by atoms with Crippen molar-refractivity contribution in [2.75, 3.05) is 0 Å². The molecule has 0 fully saturated rings.